The van der Waals surface area contributed by atoms with Gasteiger partial charge in [0.25, 0.3) is 5.91 Å². The van der Waals surface area contributed by atoms with Gasteiger partial charge in [0.15, 0.2) is 17.3 Å². The number of piperidine rings is 1. The van der Waals surface area contributed by atoms with Gasteiger partial charge in [0.2, 0.25) is 0 Å². The largest absolute Gasteiger partial charge is 0.383 e. The number of aromatic nitrogens is 7. The molecule has 45 heavy (non-hydrogen) atoms. The molecule has 1 saturated heterocycles. The lowest BCUT2D eigenvalue weighted by Gasteiger charge is -2.34. The van der Waals surface area contributed by atoms with E-state index in [1.54, 1.807) is 24.0 Å². The number of carbonyl (C=O) groups is 1. The van der Waals surface area contributed by atoms with Crippen LogP contribution in [0.5, 0.6) is 0 Å². The minimum atomic E-state index is -0.00314. The monoisotopic (exact) mass is 600 g/mol. The highest BCUT2D eigenvalue weighted by Crippen LogP contribution is 2.36. The van der Waals surface area contributed by atoms with Crippen LogP contribution in [0.1, 0.15) is 52.5 Å². The van der Waals surface area contributed by atoms with Crippen LogP contribution in [0.4, 0.5) is 5.82 Å². The number of likely N-dealkylation sites (tertiary alicyclic amines) is 1. The Morgan fingerprint density at radius 1 is 1.04 bits per heavy atom. The van der Waals surface area contributed by atoms with E-state index < -0.39 is 0 Å². The van der Waals surface area contributed by atoms with Gasteiger partial charge in [-0.25, -0.2) is 19.6 Å². The predicted molar refractivity (Wildman–Crippen MR) is 168 cm³/mol. The SMILES string of the molecule is Cc1oncc1C(=O)N1CCC(N[C@H]2CCc3cc(-n4c(-c5cccnc5N)nc5ccc(-n6cccn6)nc54)ccc32)CC1. The minimum Gasteiger partial charge on any atom is -0.383 e. The van der Waals surface area contributed by atoms with Crippen molar-refractivity contribution in [1.29, 1.82) is 0 Å². The Hall–Kier alpha value is -5.36. The number of pyridine rings is 2. The summed E-state index contributed by atoms with van der Waals surface area (Å²) in [5, 5.41) is 12.0. The smallest absolute Gasteiger partial charge is 0.259 e. The lowest BCUT2D eigenvalue weighted by atomic mass is 10.0. The number of benzene rings is 1. The molecule has 5 aromatic heterocycles. The Balaban J connectivity index is 1.07. The number of hydrogen-bond donors (Lipinski definition) is 2. The number of hydrogen-bond acceptors (Lipinski definition) is 9. The molecule has 6 heterocycles. The topological polar surface area (TPSA) is 146 Å². The quantitative estimate of drug-likeness (QED) is 0.284. The van der Waals surface area contributed by atoms with E-state index in [1.807, 2.05) is 41.4 Å². The molecule has 1 amide bonds. The van der Waals surface area contributed by atoms with Gasteiger partial charge in [-0.1, -0.05) is 11.2 Å². The third-order valence-corrected chi connectivity index (χ3v) is 8.97. The maximum Gasteiger partial charge on any atom is 0.259 e. The van der Waals surface area contributed by atoms with Crippen molar-refractivity contribution in [2.24, 2.45) is 0 Å². The van der Waals surface area contributed by atoms with E-state index in [0.717, 1.165) is 48.1 Å². The van der Waals surface area contributed by atoms with Gasteiger partial charge in [0.1, 0.15) is 22.7 Å². The van der Waals surface area contributed by atoms with Crippen LogP contribution in [0.2, 0.25) is 0 Å². The standard InChI is InChI=1S/C33H32N10O2/c1-20-26(19-37-45-20)33(44)41-16-11-22(12-17-41)38-27-8-5-21-18-23(6-7-24(21)27)43-31(25-4-2-13-35-30(25)34)39-28-9-10-29(40-32(28)43)42-15-3-14-36-42/h2-4,6-7,9-10,13-15,18-19,22,27,38H,5,8,11-12,16-17H2,1H3,(H2,34,35)/t27-/m0/s1. The zero-order valence-corrected chi connectivity index (χ0v) is 24.8. The molecule has 0 unspecified atom stereocenters. The molecule has 0 bridgehead atoms. The maximum absolute atomic E-state index is 12.9. The molecule has 0 radical (unpaired) electrons. The fourth-order valence-electron chi connectivity index (χ4n) is 6.64. The van der Waals surface area contributed by atoms with Crippen molar-refractivity contribution in [2.45, 2.75) is 44.7 Å². The molecule has 2 aliphatic rings. The molecule has 226 valence electrons. The van der Waals surface area contributed by atoms with Crippen LogP contribution >= 0.6 is 0 Å². The highest BCUT2D eigenvalue weighted by molar-refractivity contribution is 5.94. The van der Waals surface area contributed by atoms with Crippen molar-refractivity contribution >= 4 is 22.9 Å². The minimum absolute atomic E-state index is 0.00314. The second-order valence-corrected chi connectivity index (χ2v) is 11.7. The fraction of sp³-hybridized carbons (Fsp3) is 0.273. The number of carbonyl (C=O) groups excluding carboxylic acids is 1. The van der Waals surface area contributed by atoms with Crippen molar-refractivity contribution in [2.75, 3.05) is 18.8 Å². The Labute approximate surface area is 258 Å². The molecule has 12 nitrogen and oxygen atoms in total. The molecule has 1 atom stereocenters. The number of aryl methyl sites for hydroxylation is 2. The Kier molecular flexibility index (Phi) is 6.63. The van der Waals surface area contributed by atoms with Gasteiger partial charge in [0.05, 0.1) is 11.8 Å². The average molecular weight is 601 g/mol. The first-order chi connectivity index (χ1) is 22.0. The molecule has 12 heteroatoms. The number of anilines is 1. The molecule has 3 N–H and O–H groups in total. The van der Waals surface area contributed by atoms with E-state index in [4.69, 9.17) is 20.2 Å². The van der Waals surface area contributed by atoms with Crippen molar-refractivity contribution < 1.29 is 9.32 Å². The lowest BCUT2D eigenvalue weighted by molar-refractivity contribution is 0.0700. The van der Waals surface area contributed by atoms with Crippen LogP contribution in [-0.2, 0) is 6.42 Å². The Bertz CT molecular complexity index is 2020. The summed E-state index contributed by atoms with van der Waals surface area (Å²) >= 11 is 0. The molecule has 1 aliphatic carbocycles. The summed E-state index contributed by atoms with van der Waals surface area (Å²) < 4.78 is 8.91. The van der Waals surface area contributed by atoms with Gasteiger partial charge in [-0.15, -0.1) is 0 Å². The van der Waals surface area contributed by atoms with Gasteiger partial charge in [-0.2, -0.15) is 5.10 Å². The van der Waals surface area contributed by atoms with Crippen molar-refractivity contribution in [3.8, 4) is 22.9 Å². The summed E-state index contributed by atoms with van der Waals surface area (Å²) in [4.78, 5) is 29.1. The first-order valence-corrected chi connectivity index (χ1v) is 15.2. The Morgan fingerprint density at radius 3 is 2.71 bits per heavy atom. The molecule has 1 aliphatic heterocycles. The van der Waals surface area contributed by atoms with Gasteiger partial charge in [-0.3, -0.25) is 9.36 Å². The van der Waals surface area contributed by atoms with Crippen LogP contribution in [-0.4, -0.2) is 64.4 Å². The van der Waals surface area contributed by atoms with E-state index in [2.05, 4.69) is 43.3 Å². The average Bonchev–Trinajstić information content (AvgIpc) is 3.88. The number of nitrogen functional groups attached to an aromatic ring is 1. The lowest BCUT2D eigenvalue weighted by Crippen LogP contribution is -2.45. The molecule has 1 fully saturated rings. The zero-order valence-electron chi connectivity index (χ0n) is 24.8. The van der Waals surface area contributed by atoms with Gasteiger partial charge in [-0.05, 0) is 86.2 Å². The number of amides is 1. The normalized spacial score (nSPS) is 16.8. The van der Waals surface area contributed by atoms with Crippen LogP contribution in [0.15, 0.2) is 77.8 Å². The number of fused-ring (bicyclic) bond motifs is 2. The summed E-state index contributed by atoms with van der Waals surface area (Å²) in [7, 11) is 0. The molecule has 0 saturated carbocycles. The molecular formula is C33H32N10O2. The molecule has 8 rings (SSSR count). The number of nitrogens with one attached hydrogen (secondary N) is 1. The van der Waals surface area contributed by atoms with E-state index in [0.29, 0.717) is 47.9 Å². The predicted octanol–water partition coefficient (Wildman–Crippen LogP) is 4.43. The molecule has 1 aromatic carbocycles. The summed E-state index contributed by atoms with van der Waals surface area (Å²) in [6.45, 7) is 3.19. The first kappa shape index (κ1) is 27.2. The van der Waals surface area contributed by atoms with Gasteiger partial charge in [0, 0.05) is 49.5 Å². The molecular weight excluding hydrogens is 568 g/mol. The van der Waals surface area contributed by atoms with E-state index in [-0.39, 0.29) is 11.9 Å². The number of nitrogens with zero attached hydrogens (tertiary/aromatic N) is 8. The highest BCUT2D eigenvalue weighted by atomic mass is 16.5. The highest BCUT2D eigenvalue weighted by Gasteiger charge is 2.30. The number of rotatable bonds is 6. The van der Waals surface area contributed by atoms with Crippen LogP contribution in [0, 0.1) is 6.92 Å². The third kappa shape index (κ3) is 4.83. The molecule has 0 spiro atoms. The van der Waals surface area contributed by atoms with E-state index in [9.17, 15) is 4.79 Å². The third-order valence-electron chi connectivity index (χ3n) is 8.97. The van der Waals surface area contributed by atoms with Crippen LogP contribution in [0.25, 0.3) is 34.1 Å². The summed E-state index contributed by atoms with van der Waals surface area (Å²) in [6, 6.07) is 16.8. The summed E-state index contributed by atoms with van der Waals surface area (Å²) in [5.41, 5.74) is 12.7. The summed E-state index contributed by atoms with van der Waals surface area (Å²) in [5.74, 6) is 2.37. The van der Waals surface area contributed by atoms with Gasteiger partial charge < -0.3 is 20.5 Å². The summed E-state index contributed by atoms with van der Waals surface area (Å²) in [6.07, 6.45) is 10.6. The fourth-order valence-corrected chi connectivity index (χ4v) is 6.64. The Morgan fingerprint density at radius 2 is 1.93 bits per heavy atom. The van der Waals surface area contributed by atoms with Crippen molar-refractivity contribution in [3.63, 3.8) is 0 Å². The van der Waals surface area contributed by atoms with Crippen molar-refractivity contribution in [1.82, 2.24) is 44.7 Å². The van der Waals surface area contributed by atoms with E-state index in [1.165, 1.54) is 17.3 Å². The second kappa shape index (κ2) is 11.0. The first-order valence-electron chi connectivity index (χ1n) is 15.2. The van der Waals surface area contributed by atoms with Crippen molar-refractivity contribution in [3.05, 3.63) is 95.8 Å². The van der Waals surface area contributed by atoms with E-state index >= 15 is 0 Å². The molecule has 6 aromatic rings. The van der Waals surface area contributed by atoms with Crippen LogP contribution in [0.3, 0.4) is 0 Å². The maximum atomic E-state index is 12.9. The van der Waals surface area contributed by atoms with Crippen LogP contribution < -0.4 is 11.1 Å². The number of imidazole rings is 1. The number of nitrogens with two attached hydrogens (primary N) is 1. The van der Waals surface area contributed by atoms with Gasteiger partial charge >= 0.3 is 0 Å². The second-order valence-electron chi connectivity index (χ2n) is 11.7. The zero-order chi connectivity index (χ0) is 30.5.